The molecule has 0 atom stereocenters. The second-order valence-corrected chi connectivity index (χ2v) is 5.99. The van der Waals surface area contributed by atoms with Crippen LogP contribution in [-0.2, 0) is 6.54 Å². The molecule has 0 saturated carbocycles. The molecule has 25 heavy (non-hydrogen) atoms. The SMILES string of the molecule is Cc1cc(C(=O)NCc2ccc3c(c2)OCCO3)c2ccccc2n1. The molecule has 0 saturated heterocycles. The molecule has 5 heteroatoms. The molecule has 0 fully saturated rings. The highest BCUT2D eigenvalue weighted by Gasteiger charge is 2.14. The van der Waals surface area contributed by atoms with E-state index in [2.05, 4.69) is 10.3 Å². The molecule has 1 aliphatic heterocycles. The lowest BCUT2D eigenvalue weighted by Crippen LogP contribution is -2.23. The molecule has 3 aromatic rings. The number of carbonyl (C=O) groups excluding carboxylic acids is 1. The average Bonchev–Trinajstić information content (AvgIpc) is 2.65. The Morgan fingerprint density at radius 2 is 1.88 bits per heavy atom. The van der Waals surface area contributed by atoms with Gasteiger partial charge in [0.05, 0.1) is 11.1 Å². The summed E-state index contributed by atoms with van der Waals surface area (Å²) in [5, 5.41) is 3.83. The van der Waals surface area contributed by atoms with Crippen LogP contribution in [0.3, 0.4) is 0 Å². The molecule has 2 aromatic carbocycles. The molecule has 2 heterocycles. The van der Waals surface area contributed by atoms with Gasteiger partial charge in [0, 0.05) is 17.6 Å². The number of benzene rings is 2. The molecule has 0 bridgehead atoms. The smallest absolute Gasteiger partial charge is 0.252 e. The lowest BCUT2D eigenvalue weighted by atomic mass is 10.1. The van der Waals surface area contributed by atoms with E-state index in [0.717, 1.165) is 33.7 Å². The van der Waals surface area contributed by atoms with E-state index in [-0.39, 0.29) is 5.91 Å². The fourth-order valence-corrected chi connectivity index (χ4v) is 2.97. The fourth-order valence-electron chi connectivity index (χ4n) is 2.97. The first kappa shape index (κ1) is 15.4. The zero-order valence-corrected chi connectivity index (χ0v) is 13.9. The second-order valence-electron chi connectivity index (χ2n) is 5.99. The zero-order chi connectivity index (χ0) is 17.2. The van der Waals surface area contributed by atoms with Crippen molar-refractivity contribution in [1.82, 2.24) is 10.3 Å². The minimum atomic E-state index is -0.114. The standard InChI is InChI=1S/C20H18N2O3/c1-13-10-16(15-4-2-3-5-17(15)22-13)20(23)21-12-14-6-7-18-19(11-14)25-9-8-24-18/h2-7,10-11H,8-9,12H2,1H3,(H,21,23). The molecule has 1 N–H and O–H groups in total. The Hall–Kier alpha value is -3.08. The summed E-state index contributed by atoms with van der Waals surface area (Å²) in [7, 11) is 0. The number of nitrogens with zero attached hydrogens (tertiary/aromatic N) is 1. The molecular weight excluding hydrogens is 316 g/mol. The Balaban J connectivity index is 1.55. The lowest BCUT2D eigenvalue weighted by Gasteiger charge is -2.19. The second kappa shape index (κ2) is 6.43. The van der Waals surface area contributed by atoms with E-state index >= 15 is 0 Å². The minimum Gasteiger partial charge on any atom is -0.486 e. The lowest BCUT2D eigenvalue weighted by molar-refractivity contribution is 0.0952. The van der Waals surface area contributed by atoms with Crippen molar-refractivity contribution in [2.24, 2.45) is 0 Å². The van der Waals surface area contributed by atoms with Crippen LogP contribution in [0.4, 0.5) is 0 Å². The van der Waals surface area contributed by atoms with E-state index in [1.165, 1.54) is 0 Å². The Morgan fingerprint density at radius 3 is 2.76 bits per heavy atom. The third-order valence-corrected chi connectivity index (χ3v) is 4.15. The van der Waals surface area contributed by atoms with Crippen LogP contribution in [0, 0.1) is 6.92 Å². The van der Waals surface area contributed by atoms with Gasteiger partial charge in [-0.3, -0.25) is 9.78 Å². The number of nitrogens with one attached hydrogen (secondary N) is 1. The van der Waals surface area contributed by atoms with Gasteiger partial charge in [0.2, 0.25) is 0 Å². The number of amides is 1. The van der Waals surface area contributed by atoms with Crippen molar-refractivity contribution < 1.29 is 14.3 Å². The number of pyridine rings is 1. The van der Waals surface area contributed by atoms with Crippen LogP contribution in [0.15, 0.2) is 48.5 Å². The fraction of sp³-hybridized carbons (Fsp3) is 0.200. The van der Waals surface area contributed by atoms with Gasteiger partial charge in [0.25, 0.3) is 5.91 Å². The summed E-state index contributed by atoms with van der Waals surface area (Å²) in [6.07, 6.45) is 0. The van der Waals surface area contributed by atoms with E-state index < -0.39 is 0 Å². The van der Waals surface area contributed by atoms with Crippen molar-refractivity contribution in [1.29, 1.82) is 0 Å². The van der Waals surface area contributed by atoms with Crippen LogP contribution in [0.1, 0.15) is 21.6 Å². The largest absolute Gasteiger partial charge is 0.486 e. The van der Waals surface area contributed by atoms with Crippen molar-refractivity contribution in [2.45, 2.75) is 13.5 Å². The van der Waals surface area contributed by atoms with Gasteiger partial charge in [-0.15, -0.1) is 0 Å². The van der Waals surface area contributed by atoms with Gasteiger partial charge < -0.3 is 14.8 Å². The number of rotatable bonds is 3. The van der Waals surface area contributed by atoms with Crippen LogP contribution in [-0.4, -0.2) is 24.1 Å². The molecular formula is C20H18N2O3. The van der Waals surface area contributed by atoms with Gasteiger partial charge in [-0.2, -0.15) is 0 Å². The first-order valence-corrected chi connectivity index (χ1v) is 8.24. The summed E-state index contributed by atoms with van der Waals surface area (Å²) >= 11 is 0. The summed E-state index contributed by atoms with van der Waals surface area (Å²) in [4.78, 5) is 17.2. The Kier molecular flexibility index (Phi) is 3.98. The molecule has 1 aliphatic rings. The monoisotopic (exact) mass is 334 g/mol. The maximum Gasteiger partial charge on any atom is 0.252 e. The molecule has 0 spiro atoms. The summed E-state index contributed by atoms with van der Waals surface area (Å²) in [5.41, 5.74) is 3.25. The minimum absolute atomic E-state index is 0.114. The highest BCUT2D eigenvalue weighted by Crippen LogP contribution is 2.30. The van der Waals surface area contributed by atoms with Crippen molar-refractivity contribution >= 4 is 16.8 Å². The number of ether oxygens (including phenoxy) is 2. The predicted molar refractivity (Wildman–Crippen MR) is 95.1 cm³/mol. The molecule has 1 amide bonds. The number of carbonyl (C=O) groups is 1. The maximum absolute atomic E-state index is 12.7. The zero-order valence-electron chi connectivity index (χ0n) is 13.9. The van der Waals surface area contributed by atoms with Crippen molar-refractivity contribution in [3.8, 4) is 11.5 Å². The molecule has 4 rings (SSSR count). The molecule has 1 aromatic heterocycles. The van der Waals surface area contributed by atoms with Crippen molar-refractivity contribution in [3.63, 3.8) is 0 Å². The van der Waals surface area contributed by atoms with E-state index in [0.29, 0.717) is 25.3 Å². The normalized spacial score (nSPS) is 12.8. The van der Waals surface area contributed by atoms with Gasteiger partial charge in [0.1, 0.15) is 13.2 Å². The van der Waals surface area contributed by atoms with Crippen LogP contribution < -0.4 is 14.8 Å². The first-order valence-electron chi connectivity index (χ1n) is 8.24. The third kappa shape index (κ3) is 3.13. The number of fused-ring (bicyclic) bond motifs is 2. The van der Waals surface area contributed by atoms with E-state index in [1.54, 1.807) is 0 Å². The summed E-state index contributed by atoms with van der Waals surface area (Å²) in [6.45, 7) is 3.43. The highest BCUT2D eigenvalue weighted by molar-refractivity contribution is 6.06. The summed E-state index contributed by atoms with van der Waals surface area (Å²) in [5.74, 6) is 1.36. The quantitative estimate of drug-likeness (QED) is 0.799. The maximum atomic E-state index is 12.7. The molecule has 0 radical (unpaired) electrons. The van der Waals surface area contributed by atoms with E-state index in [4.69, 9.17) is 9.47 Å². The highest BCUT2D eigenvalue weighted by atomic mass is 16.6. The van der Waals surface area contributed by atoms with E-state index in [1.807, 2.05) is 55.5 Å². The number of aromatic nitrogens is 1. The first-order chi connectivity index (χ1) is 12.2. The van der Waals surface area contributed by atoms with Gasteiger partial charge in [0.15, 0.2) is 11.5 Å². The number of hydrogen-bond donors (Lipinski definition) is 1. The van der Waals surface area contributed by atoms with Gasteiger partial charge >= 0.3 is 0 Å². The molecule has 126 valence electrons. The van der Waals surface area contributed by atoms with Gasteiger partial charge in [-0.1, -0.05) is 24.3 Å². The number of aryl methyl sites for hydroxylation is 1. The average molecular weight is 334 g/mol. The predicted octanol–water partition coefficient (Wildman–Crippen LogP) is 3.24. The van der Waals surface area contributed by atoms with Crippen LogP contribution in [0.2, 0.25) is 0 Å². The summed E-state index contributed by atoms with van der Waals surface area (Å²) in [6, 6.07) is 15.2. The Labute approximate surface area is 145 Å². The summed E-state index contributed by atoms with van der Waals surface area (Å²) < 4.78 is 11.1. The molecule has 0 unspecified atom stereocenters. The molecule has 0 aliphatic carbocycles. The topological polar surface area (TPSA) is 60.5 Å². The van der Waals surface area contributed by atoms with Crippen LogP contribution in [0.5, 0.6) is 11.5 Å². The van der Waals surface area contributed by atoms with Crippen LogP contribution in [0.25, 0.3) is 10.9 Å². The molecule has 5 nitrogen and oxygen atoms in total. The van der Waals surface area contributed by atoms with Crippen molar-refractivity contribution in [3.05, 3.63) is 65.4 Å². The number of hydrogen-bond acceptors (Lipinski definition) is 4. The Bertz CT molecular complexity index is 953. The van der Waals surface area contributed by atoms with Gasteiger partial charge in [-0.05, 0) is 36.8 Å². The van der Waals surface area contributed by atoms with Crippen LogP contribution >= 0.6 is 0 Å². The third-order valence-electron chi connectivity index (χ3n) is 4.15. The van der Waals surface area contributed by atoms with Crippen molar-refractivity contribution in [2.75, 3.05) is 13.2 Å². The Morgan fingerprint density at radius 1 is 1.08 bits per heavy atom. The van der Waals surface area contributed by atoms with Gasteiger partial charge in [-0.25, -0.2) is 0 Å². The number of para-hydroxylation sites is 1. The van der Waals surface area contributed by atoms with E-state index in [9.17, 15) is 4.79 Å².